The number of hydrogen-bond donors (Lipinski definition) is 1. The fourth-order valence-electron chi connectivity index (χ4n) is 1.57. The summed E-state index contributed by atoms with van der Waals surface area (Å²) in [6.07, 6.45) is 1.61. The van der Waals surface area contributed by atoms with Crippen LogP contribution in [-0.4, -0.2) is 26.3 Å². The Labute approximate surface area is 151 Å². The molecule has 0 spiro atoms. The standard InChI is InChI=1S/C14H14N2O4S.Na/c1-20-13-6-2-11(3-7-13)10-15-16-12-4-8-14(9-5-12)21(17,18)19;/h2-10,16H,1H3,(H,17,18,19);/q;+1/p-1/b15-10+;. The average molecular weight is 328 g/mol. The number of methoxy groups -OCH3 is 1. The Morgan fingerprint density at radius 1 is 1.09 bits per heavy atom. The van der Waals surface area contributed by atoms with Gasteiger partial charge in [0.15, 0.2) is 0 Å². The maximum absolute atomic E-state index is 10.8. The summed E-state index contributed by atoms with van der Waals surface area (Å²) in [7, 11) is -2.82. The molecule has 0 bridgehead atoms. The van der Waals surface area contributed by atoms with Gasteiger partial charge in [0, 0.05) is 0 Å². The zero-order valence-corrected chi connectivity index (χ0v) is 15.0. The zero-order valence-electron chi connectivity index (χ0n) is 12.2. The summed E-state index contributed by atoms with van der Waals surface area (Å²) in [6.45, 7) is 0. The average Bonchev–Trinajstić information content (AvgIpc) is 2.47. The van der Waals surface area contributed by atoms with Gasteiger partial charge < -0.3 is 9.29 Å². The Kier molecular flexibility index (Phi) is 7.05. The van der Waals surface area contributed by atoms with E-state index in [-0.39, 0.29) is 34.5 Å². The van der Waals surface area contributed by atoms with Gasteiger partial charge in [0.25, 0.3) is 0 Å². The van der Waals surface area contributed by atoms with E-state index in [9.17, 15) is 13.0 Å². The van der Waals surface area contributed by atoms with Crippen LogP contribution in [0.25, 0.3) is 0 Å². The van der Waals surface area contributed by atoms with Crippen LogP contribution in [0.5, 0.6) is 5.75 Å². The fraction of sp³-hybridized carbons (Fsp3) is 0.0714. The normalized spacial score (nSPS) is 11.0. The van der Waals surface area contributed by atoms with Gasteiger partial charge in [-0.2, -0.15) is 5.10 Å². The number of rotatable bonds is 5. The zero-order chi connectivity index (χ0) is 15.3. The molecule has 2 aromatic rings. The van der Waals surface area contributed by atoms with Crippen molar-refractivity contribution in [3.8, 4) is 5.75 Å². The number of ether oxygens (including phenoxy) is 1. The largest absolute Gasteiger partial charge is 1.00 e. The van der Waals surface area contributed by atoms with E-state index < -0.39 is 10.1 Å². The Hall–Kier alpha value is -1.38. The van der Waals surface area contributed by atoms with Gasteiger partial charge in [-0.3, -0.25) is 5.43 Å². The molecule has 0 amide bonds. The van der Waals surface area contributed by atoms with Crippen LogP contribution in [0.15, 0.2) is 58.5 Å². The molecular weight excluding hydrogens is 315 g/mol. The van der Waals surface area contributed by atoms with Crippen molar-refractivity contribution in [1.82, 2.24) is 0 Å². The van der Waals surface area contributed by atoms with Gasteiger partial charge in [-0.05, 0) is 54.1 Å². The van der Waals surface area contributed by atoms with Crippen LogP contribution in [0, 0.1) is 0 Å². The van der Waals surface area contributed by atoms with Gasteiger partial charge in [0.2, 0.25) is 0 Å². The van der Waals surface area contributed by atoms with E-state index in [4.69, 9.17) is 4.74 Å². The first-order chi connectivity index (χ1) is 9.99. The van der Waals surface area contributed by atoms with Crippen molar-refractivity contribution >= 4 is 22.0 Å². The van der Waals surface area contributed by atoms with E-state index in [1.165, 1.54) is 24.3 Å². The Balaban J connectivity index is 0.00000242. The van der Waals surface area contributed by atoms with E-state index >= 15 is 0 Å². The van der Waals surface area contributed by atoms with Gasteiger partial charge in [0.1, 0.15) is 15.9 Å². The molecule has 1 N–H and O–H groups in total. The van der Waals surface area contributed by atoms with Gasteiger partial charge in [-0.1, -0.05) is 0 Å². The van der Waals surface area contributed by atoms with Crippen LogP contribution < -0.4 is 39.7 Å². The predicted octanol–water partition coefficient (Wildman–Crippen LogP) is -0.951. The summed E-state index contributed by atoms with van der Waals surface area (Å²) in [5.74, 6) is 0.759. The molecule has 8 heteroatoms. The SMILES string of the molecule is COc1ccc(/C=N/Nc2ccc(S(=O)(=O)[O-])cc2)cc1.[Na+]. The minimum atomic E-state index is -4.42. The van der Waals surface area contributed by atoms with Gasteiger partial charge >= 0.3 is 29.6 Å². The molecule has 22 heavy (non-hydrogen) atoms. The van der Waals surface area contributed by atoms with Crippen LogP contribution >= 0.6 is 0 Å². The third kappa shape index (κ3) is 5.43. The predicted molar refractivity (Wildman–Crippen MR) is 78.6 cm³/mol. The van der Waals surface area contributed by atoms with E-state index in [2.05, 4.69) is 10.5 Å². The van der Waals surface area contributed by atoms with Crippen molar-refractivity contribution in [2.24, 2.45) is 5.10 Å². The van der Waals surface area contributed by atoms with Crippen LogP contribution in [0.3, 0.4) is 0 Å². The van der Waals surface area contributed by atoms with Crippen molar-refractivity contribution in [3.05, 3.63) is 54.1 Å². The van der Waals surface area contributed by atoms with Crippen molar-refractivity contribution in [3.63, 3.8) is 0 Å². The quantitative estimate of drug-likeness (QED) is 0.331. The molecule has 0 unspecified atom stereocenters. The summed E-state index contributed by atoms with van der Waals surface area (Å²) >= 11 is 0. The van der Waals surface area contributed by atoms with Gasteiger partial charge in [-0.15, -0.1) is 0 Å². The number of nitrogens with zero attached hydrogens (tertiary/aromatic N) is 1. The van der Waals surface area contributed by atoms with Gasteiger partial charge in [0.05, 0.1) is 23.9 Å². The molecule has 0 radical (unpaired) electrons. The maximum atomic E-state index is 10.8. The van der Waals surface area contributed by atoms with E-state index in [1.54, 1.807) is 13.3 Å². The first kappa shape index (κ1) is 18.7. The van der Waals surface area contributed by atoms with E-state index in [0.29, 0.717) is 5.69 Å². The second-order valence-corrected chi connectivity index (χ2v) is 5.50. The third-order valence-corrected chi connectivity index (χ3v) is 3.52. The molecule has 0 heterocycles. The Morgan fingerprint density at radius 3 is 2.18 bits per heavy atom. The molecule has 0 aromatic heterocycles. The topological polar surface area (TPSA) is 90.8 Å². The minimum Gasteiger partial charge on any atom is -0.744 e. The van der Waals surface area contributed by atoms with Crippen LogP contribution in [-0.2, 0) is 10.1 Å². The van der Waals surface area contributed by atoms with Crippen molar-refractivity contribution in [2.75, 3.05) is 12.5 Å². The molecule has 0 fully saturated rings. The first-order valence-corrected chi connectivity index (χ1v) is 7.39. The summed E-state index contributed by atoms with van der Waals surface area (Å²) in [5.41, 5.74) is 4.19. The summed E-state index contributed by atoms with van der Waals surface area (Å²) in [6, 6.07) is 12.7. The number of benzene rings is 2. The Morgan fingerprint density at radius 2 is 1.68 bits per heavy atom. The van der Waals surface area contributed by atoms with Crippen molar-refractivity contribution < 1.29 is 47.3 Å². The van der Waals surface area contributed by atoms with Crippen LogP contribution in [0.4, 0.5) is 5.69 Å². The number of hydrazone groups is 1. The second-order valence-electron chi connectivity index (χ2n) is 4.12. The van der Waals surface area contributed by atoms with Crippen LogP contribution in [0.2, 0.25) is 0 Å². The molecule has 0 atom stereocenters. The van der Waals surface area contributed by atoms with E-state index in [1.807, 2.05) is 24.3 Å². The van der Waals surface area contributed by atoms with Crippen molar-refractivity contribution in [2.45, 2.75) is 4.90 Å². The summed E-state index contributed by atoms with van der Waals surface area (Å²) in [5, 5.41) is 4.02. The van der Waals surface area contributed by atoms with E-state index in [0.717, 1.165) is 11.3 Å². The number of hydrogen-bond acceptors (Lipinski definition) is 6. The molecule has 110 valence electrons. The molecule has 0 aliphatic carbocycles. The van der Waals surface area contributed by atoms with Crippen LogP contribution in [0.1, 0.15) is 5.56 Å². The molecule has 2 rings (SSSR count). The fourth-order valence-corrected chi connectivity index (χ4v) is 2.04. The monoisotopic (exact) mass is 328 g/mol. The summed E-state index contributed by atoms with van der Waals surface area (Å²) in [4.78, 5) is -0.271. The molecule has 6 nitrogen and oxygen atoms in total. The Bertz CT molecular complexity index is 728. The van der Waals surface area contributed by atoms with Crippen molar-refractivity contribution in [1.29, 1.82) is 0 Å². The number of anilines is 1. The number of nitrogens with one attached hydrogen (secondary N) is 1. The maximum Gasteiger partial charge on any atom is 1.00 e. The molecule has 0 aliphatic heterocycles. The molecule has 2 aromatic carbocycles. The summed E-state index contributed by atoms with van der Waals surface area (Å²) < 4.78 is 37.4. The minimum absolute atomic E-state index is 0. The molecule has 0 aliphatic rings. The molecular formula is C14H13N2NaO4S. The smallest absolute Gasteiger partial charge is 0.744 e. The van der Waals surface area contributed by atoms with Gasteiger partial charge in [-0.25, -0.2) is 8.42 Å². The molecule has 0 saturated carbocycles. The molecule has 0 saturated heterocycles. The third-order valence-electron chi connectivity index (χ3n) is 2.67. The first-order valence-electron chi connectivity index (χ1n) is 5.98. The second kappa shape index (κ2) is 8.30.